The molecular weight excluding hydrogens is 354 g/mol. The van der Waals surface area contributed by atoms with Gasteiger partial charge in [0.1, 0.15) is 0 Å². The van der Waals surface area contributed by atoms with Gasteiger partial charge in [0.2, 0.25) is 5.82 Å². The standard InChI is InChI=1S/C25H36F2O/c1-3-5-7-8-10-20-11-13-21(14-12-20)15-16-22-17-18-23(25(27)24(22)26)28-19-9-6-4-2/h17-18,20-21H,3-14,19H2,1-2H3. The molecule has 3 heteroatoms. The zero-order chi connectivity index (χ0) is 20.2. The smallest absolute Gasteiger partial charge is 0.201 e. The van der Waals surface area contributed by atoms with Crippen molar-refractivity contribution in [1.29, 1.82) is 0 Å². The molecule has 0 bridgehead atoms. The number of unbranched alkanes of at least 4 members (excludes halogenated alkanes) is 5. The van der Waals surface area contributed by atoms with Gasteiger partial charge in [-0.25, -0.2) is 4.39 Å². The Hall–Kier alpha value is -1.56. The van der Waals surface area contributed by atoms with Gasteiger partial charge in [-0.05, 0) is 50.2 Å². The summed E-state index contributed by atoms with van der Waals surface area (Å²) in [6.45, 7) is 4.75. The molecule has 0 heterocycles. The molecule has 156 valence electrons. The van der Waals surface area contributed by atoms with Crippen LogP contribution in [0.1, 0.15) is 96.5 Å². The minimum absolute atomic E-state index is 0.0114. The fourth-order valence-corrected chi connectivity index (χ4v) is 3.91. The first-order chi connectivity index (χ1) is 13.7. The first-order valence-corrected chi connectivity index (χ1v) is 11.3. The molecule has 0 aliphatic heterocycles. The van der Waals surface area contributed by atoms with Gasteiger partial charge in [0.15, 0.2) is 11.6 Å². The van der Waals surface area contributed by atoms with E-state index in [1.165, 1.54) is 51.0 Å². The summed E-state index contributed by atoms with van der Waals surface area (Å²) in [4.78, 5) is 0. The molecule has 0 N–H and O–H groups in total. The molecule has 0 unspecified atom stereocenters. The van der Waals surface area contributed by atoms with Gasteiger partial charge in [-0.1, -0.05) is 70.6 Å². The summed E-state index contributed by atoms with van der Waals surface area (Å²) >= 11 is 0. The molecule has 1 saturated carbocycles. The molecule has 1 aromatic carbocycles. The van der Waals surface area contributed by atoms with Gasteiger partial charge in [0, 0.05) is 5.92 Å². The highest BCUT2D eigenvalue weighted by molar-refractivity contribution is 5.41. The molecule has 28 heavy (non-hydrogen) atoms. The van der Waals surface area contributed by atoms with Crippen LogP contribution in [0, 0.1) is 35.3 Å². The second-order valence-electron chi connectivity index (χ2n) is 8.13. The van der Waals surface area contributed by atoms with Crippen molar-refractivity contribution in [1.82, 2.24) is 0 Å². The lowest BCUT2D eigenvalue weighted by Gasteiger charge is -2.25. The highest BCUT2D eigenvalue weighted by Gasteiger charge is 2.20. The highest BCUT2D eigenvalue weighted by Crippen LogP contribution is 2.32. The number of hydrogen-bond donors (Lipinski definition) is 0. The third-order valence-electron chi connectivity index (χ3n) is 5.78. The normalized spacial score (nSPS) is 19.1. The summed E-state index contributed by atoms with van der Waals surface area (Å²) in [6.07, 6.45) is 14.2. The van der Waals surface area contributed by atoms with Crippen LogP contribution in [0.3, 0.4) is 0 Å². The minimum Gasteiger partial charge on any atom is -0.490 e. The number of rotatable bonds is 10. The Labute approximate surface area is 170 Å². The second-order valence-corrected chi connectivity index (χ2v) is 8.13. The quantitative estimate of drug-likeness (QED) is 0.294. The van der Waals surface area contributed by atoms with E-state index in [9.17, 15) is 8.78 Å². The summed E-state index contributed by atoms with van der Waals surface area (Å²) in [5.74, 6) is 5.39. The van der Waals surface area contributed by atoms with Crippen molar-refractivity contribution in [3.8, 4) is 17.6 Å². The lowest BCUT2D eigenvalue weighted by Crippen LogP contribution is -2.13. The first-order valence-electron chi connectivity index (χ1n) is 11.3. The third kappa shape index (κ3) is 7.46. The van der Waals surface area contributed by atoms with Crippen LogP contribution in [-0.2, 0) is 0 Å². The number of benzene rings is 1. The predicted octanol–water partition coefficient (Wildman–Crippen LogP) is 7.66. The molecule has 0 spiro atoms. The number of ether oxygens (including phenoxy) is 1. The molecule has 1 aliphatic rings. The van der Waals surface area contributed by atoms with E-state index in [2.05, 4.69) is 25.7 Å². The van der Waals surface area contributed by atoms with Gasteiger partial charge >= 0.3 is 0 Å². The molecule has 0 aromatic heterocycles. The van der Waals surface area contributed by atoms with Gasteiger partial charge in [-0.3, -0.25) is 0 Å². The minimum atomic E-state index is -0.918. The van der Waals surface area contributed by atoms with E-state index in [0.29, 0.717) is 12.5 Å². The Balaban J connectivity index is 1.83. The van der Waals surface area contributed by atoms with Crippen LogP contribution in [-0.4, -0.2) is 6.61 Å². The molecule has 1 aliphatic carbocycles. The molecule has 0 saturated heterocycles. The maximum atomic E-state index is 14.3. The Morgan fingerprint density at radius 3 is 2.32 bits per heavy atom. The Kier molecular flexibility index (Phi) is 10.4. The van der Waals surface area contributed by atoms with E-state index < -0.39 is 11.6 Å². The number of hydrogen-bond acceptors (Lipinski definition) is 1. The number of halogens is 2. The van der Waals surface area contributed by atoms with Crippen molar-refractivity contribution in [3.05, 3.63) is 29.3 Å². The summed E-state index contributed by atoms with van der Waals surface area (Å²) in [7, 11) is 0. The van der Waals surface area contributed by atoms with E-state index in [-0.39, 0.29) is 11.3 Å². The summed E-state index contributed by atoms with van der Waals surface area (Å²) in [5.41, 5.74) is 0.139. The van der Waals surface area contributed by atoms with Crippen LogP contribution < -0.4 is 4.74 Å². The largest absolute Gasteiger partial charge is 0.490 e. The van der Waals surface area contributed by atoms with E-state index in [1.54, 1.807) is 6.07 Å². The molecule has 0 amide bonds. The fourth-order valence-electron chi connectivity index (χ4n) is 3.91. The lowest BCUT2D eigenvalue weighted by atomic mass is 9.80. The average molecular weight is 391 g/mol. The summed E-state index contributed by atoms with van der Waals surface area (Å²) in [6, 6.07) is 3.04. The maximum absolute atomic E-state index is 14.3. The SMILES string of the molecule is CCCCCCC1CCC(C#Cc2ccc(OCCCCC)c(F)c2F)CC1. The molecular formula is C25H36F2O. The second kappa shape index (κ2) is 12.8. The van der Waals surface area contributed by atoms with E-state index >= 15 is 0 Å². The first kappa shape index (κ1) is 22.7. The van der Waals surface area contributed by atoms with Gasteiger partial charge in [0.25, 0.3) is 0 Å². The van der Waals surface area contributed by atoms with E-state index in [4.69, 9.17) is 4.74 Å². The van der Waals surface area contributed by atoms with Crippen molar-refractivity contribution < 1.29 is 13.5 Å². The average Bonchev–Trinajstić information content (AvgIpc) is 2.72. The van der Waals surface area contributed by atoms with Gasteiger partial charge < -0.3 is 4.74 Å². The van der Waals surface area contributed by atoms with Gasteiger partial charge in [0.05, 0.1) is 12.2 Å². The lowest BCUT2D eigenvalue weighted by molar-refractivity contribution is 0.286. The van der Waals surface area contributed by atoms with Crippen LogP contribution in [0.25, 0.3) is 0 Å². The molecule has 2 rings (SSSR count). The summed E-state index contributed by atoms with van der Waals surface area (Å²) < 4.78 is 33.9. The zero-order valence-electron chi connectivity index (χ0n) is 17.7. The summed E-state index contributed by atoms with van der Waals surface area (Å²) in [5, 5.41) is 0. The highest BCUT2D eigenvalue weighted by atomic mass is 19.2. The van der Waals surface area contributed by atoms with Gasteiger partial charge in [-0.15, -0.1) is 0 Å². The Morgan fingerprint density at radius 1 is 0.893 bits per heavy atom. The van der Waals surface area contributed by atoms with Crippen LogP contribution in [0.15, 0.2) is 12.1 Å². The molecule has 1 aromatic rings. The van der Waals surface area contributed by atoms with Crippen LogP contribution in [0.2, 0.25) is 0 Å². The van der Waals surface area contributed by atoms with Crippen molar-refractivity contribution in [2.45, 2.75) is 90.9 Å². The van der Waals surface area contributed by atoms with Crippen molar-refractivity contribution in [3.63, 3.8) is 0 Å². The predicted molar refractivity (Wildman–Crippen MR) is 112 cm³/mol. The Morgan fingerprint density at radius 2 is 1.61 bits per heavy atom. The third-order valence-corrected chi connectivity index (χ3v) is 5.78. The topological polar surface area (TPSA) is 9.23 Å². The Bertz CT molecular complexity index is 636. The van der Waals surface area contributed by atoms with E-state index in [1.807, 2.05) is 0 Å². The van der Waals surface area contributed by atoms with Crippen LogP contribution >= 0.6 is 0 Å². The zero-order valence-corrected chi connectivity index (χ0v) is 17.7. The molecule has 1 fully saturated rings. The maximum Gasteiger partial charge on any atom is 0.201 e. The van der Waals surface area contributed by atoms with Crippen molar-refractivity contribution in [2.24, 2.45) is 11.8 Å². The molecule has 0 atom stereocenters. The van der Waals surface area contributed by atoms with Crippen molar-refractivity contribution in [2.75, 3.05) is 6.61 Å². The van der Waals surface area contributed by atoms with Crippen LogP contribution in [0.5, 0.6) is 5.75 Å². The fraction of sp³-hybridized carbons (Fsp3) is 0.680. The molecule has 0 radical (unpaired) electrons. The molecule has 1 nitrogen and oxygen atoms in total. The van der Waals surface area contributed by atoms with Crippen molar-refractivity contribution >= 4 is 0 Å². The monoisotopic (exact) mass is 390 g/mol. The van der Waals surface area contributed by atoms with Crippen LogP contribution in [0.4, 0.5) is 8.78 Å². The van der Waals surface area contributed by atoms with Gasteiger partial charge in [-0.2, -0.15) is 4.39 Å². The van der Waals surface area contributed by atoms with E-state index in [0.717, 1.165) is 38.0 Å².